The van der Waals surface area contributed by atoms with E-state index in [0.717, 1.165) is 6.42 Å². The third kappa shape index (κ3) is 2.38. The van der Waals surface area contributed by atoms with Gasteiger partial charge in [-0.1, -0.05) is 122 Å². The fourth-order valence-corrected chi connectivity index (χ4v) is 5.25. The van der Waals surface area contributed by atoms with E-state index in [1.807, 2.05) is 0 Å². The van der Waals surface area contributed by atoms with Gasteiger partial charge in [-0.3, -0.25) is 0 Å². The summed E-state index contributed by atoms with van der Waals surface area (Å²) in [6, 6.07) is 42.1. The van der Waals surface area contributed by atoms with Crippen LogP contribution in [0.4, 0.5) is 0 Å². The summed E-state index contributed by atoms with van der Waals surface area (Å²) in [5.41, 5.74) is 6.80. The lowest BCUT2D eigenvalue weighted by molar-refractivity contribution is 0.473. The molecular formula is C28H24. The highest BCUT2D eigenvalue weighted by Gasteiger charge is 2.52. The Bertz CT molecular complexity index is 1040. The van der Waals surface area contributed by atoms with Crippen LogP contribution in [0.15, 0.2) is 115 Å². The van der Waals surface area contributed by atoms with Gasteiger partial charge < -0.3 is 0 Å². The maximum absolute atomic E-state index is 2.41. The van der Waals surface area contributed by atoms with Crippen LogP contribution in [0, 0.1) is 0 Å². The Morgan fingerprint density at radius 1 is 0.464 bits per heavy atom. The minimum absolute atomic E-state index is 0.0382. The molecule has 0 saturated carbocycles. The van der Waals surface area contributed by atoms with Crippen molar-refractivity contribution in [2.75, 3.05) is 0 Å². The Morgan fingerprint density at radius 2 is 0.857 bits per heavy atom. The summed E-state index contributed by atoms with van der Waals surface area (Å²) in [5.74, 6) is 0. The summed E-state index contributed by atoms with van der Waals surface area (Å²) in [7, 11) is 0. The summed E-state index contributed by atoms with van der Waals surface area (Å²) in [6.45, 7) is 2.41. The summed E-state index contributed by atoms with van der Waals surface area (Å²) in [6.07, 6.45) is 1.03. The van der Waals surface area contributed by atoms with Crippen molar-refractivity contribution in [3.63, 3.8) is 0 Å². The number of benzene rings is 4. The molecule has 5 rings (SSSR count). The first kappa shape index (κ1) is 17.0. The van der Waals surface area contributed by atoms with Crippen LogP contribution in [0.3, 0.4) is 0 Å². The van der Waals surface area contributed by atoms with Gasteiger partial charge in [-0.15, -0.1) is 0 Å². The Labute approximate surface area is 167 Å². The van der Waals surface area contributed by atoms with Crippen molar-refractivity contribution in [2.24, 2.45) is 0 Å². The Balaban J connectivity index is 1.85. The topological polar surface area (TPSA) is 0 Å². The minimum Gasteiger partial charge on any atom is -0.0622 e. The van der Waals surface area contributed by atoms with E-state index in [2.05, 4.69) is 122 Å². The lowest BCUT2D eigenvalue weighted by Gasteiger charge is -2.35. The molecule has 4 aromatic carbocycles. The van der Waals surface area contributed by atoms with Gasteiger partial charge in [-0.25, -0.2) is 0 Å². The van der Waals surface area contributed by atoms with E-state index in [9.17, 15) is 0 Å². The van der Waals surface area contributed by atoms with Crippen LogP contribution in [0.2, 0.25) is 0 Å². The molecule has 0 radical (unpaired) electrons. The molecule has 0 saturated heterocycles. The normalized spacial score (nSPS) is 19.9. The number of rotatable bonds is 3. The highest BCUT2D eigenvalue weighted by Crippen LogP contribution is 2.58. The van der Waals surface area contributed by atoms with Crippen LogP contribution in [0.25, 0.3) is 0 Å². The first-order valence-electron chi connectivity index (χ1n) is 10.0. The van der Waals surface area contributed by atoms with Gasteiger partial charge in [0.15, 0.2) is 0 Å². The van der Waals surface area contributed by atoms with Crippen molar-refractivity contribution in [3.05, 3.63) is 143 Å². The number of hydrogen-bond donors (Lipinski definition) is 0. The van der Waals surface area contributed by atoms with Gasteiger partial charge in [0.1, 0.15) is 0 Å². The van der Waals surface area contributed by atoms with Gasteiger partial charge >= 0.3 is 0 Å². The second-order valence-electron chi connectivity index (χ2n) is 8.06. The molecule has 1 aliphatic carbocycles. The molecule has 0 unspecified atom stereocenters. The van der Waals surface area contributed by atoms with E-state index in [1.54, 1.807) is 0 Å². The molecule has 1 aliphatic rings. The predicted octanol–water partition coefficient (Wildman–Crippen LogP) is 6.73. The number of hydrogen-bond acceptors (Lipinski definition) is 0. The summed E-state index contributed by atoms with van der Waals surface area (Å²) >= 11 is 0. The van der Waals surface area contributed by atoms with Crippen molar-refractivity contribution in [1.82, 2.24) is 0 Å². The third-order valence-electron chi connectivity index (χ3n) is 6.54. The molecule has 0 heteroatoms. The maximum Gasteiger partial charge on any atom is 0.0466 e. The fraction of sp³-hybridized carbons (Fsp3) is 0.143. The van der Waals surface area contributed by atoms with E-state index in [1.165, 1.54) is 27.8 Å². The van der Waals surface area contributed by atoms with Crippen LogP contribution in [-0.2, 0) is 10.8 Å². The van der Waals surface area contributed by atoms with Crippen molar-refractivity contribution in [3.8, 4) is 0 Å². The second-order valence-corrected chi connectivity index (χ2v) is 8.06. The van der Waals surface area contributed by atoms with E-state index in [0.29, 0.717) is 0 Å². The lowest BCUT2D eigenvalue weighted by atomic mass is 9.67. The standard InChI is InChI=1S/C28H24/c1-27(22-13-5-2-6-14-22)21-28(23-15-7-3-8-16-23,24-17-9-4-10-18-24)26-20-12-11-19-25(26)27/h2-20H,21H2,1H3/t27-/m0/s1. The zero-order valence-corrected chi connectivity index (χ0v) is 16.2. The zero-order valence-electron chi connectivity index (χ0n) is 16.2. The first-order chi connectivity index (χ1) is 13.7. The van der Waals surface area contributed by atoms with Gasteiger partial charge in [0.2, 0.25) is 0 Å². The van der Waals surface area contributed by atoms with Gasteiger partial charge in [0.25, 0.3) is 0 Å². The Hall–Kier alpha value is -3.12. The summed E-state index contributed by atoms with van der Waals surface area (Å²) < 4.78 is 0. The predicted molar refractivity (Wildman–Crippen MR) is 117 cm³/mol. The summed E-state index contributed by atoms with van der Waals surface area (Å²) in [4.78, 5) is 0. The Kier molecular flexibility index (Phi) is 3.94. The molecule has 0 heterocycles. The van der Waals surface area contributed by atoms with E-state index < -0.39 is 0 Å². The minimum atomic E-state index is -0.149. The summed E-state index contributed by atoms with van der Waals surface area (Å²) in [5, 5.41) is 0. The molecular weight excluding hydrogens is 336 g/mol. The SMILES string of the molecule is C[C@@]1(c2ccccc2)CC(c2ccccc2)(c2ccccc2)c2ccccc21. The quantitative estimate of drug-likeness (QED) is 0.380. The highest BCUT2D eigenvalue weighted by atomic mass is 14.5. The zero-order chi connectivity index (χ0) is 19.0. The lowest BCUT2D eigenvalue weighted by Crippen LogP contribution is -2.30. The van der Waals surface area contributed by atoms with Gasteiger partial charge in [0.05, 0.1) is 0 Å². The molecule has 0 N–H and O–H groups in total. The molecule has 0 spiro atoms. The third-order valence-corrected chi connectivity index (χ3v) is 6.54. The fourth-order valence-electron chi connectivity index (χ4n) is 5.25. The molecule has 0 fully saturated rings. The molecule has 136 valence electrons. The Morgan fingerprint density at radius 3 is 1.36 bits per heavy atom. The van der Waals surface area contributed by atoms with Crippen LogP contribution in [0.5, 0.6) is 0 Å². The molecule has 28 heavy (non-hydrogen) atoms. The highest BCUT2D eigenvalue weighted by molar-refractivity contribution is 5.62. The molecule has 4 aromatic rings. The average Bonchev–Trinajstić information content (AvgIpc) is 3.07. The molecule has 1 atom stereocenters. The molecule has 0 nitrogen and oxygen atoms in total. The average molecular weight is 361 g/mol. The van der Waals surface area contributed by atoms with Crippen LogP contribution in [0.1, 0.15) is 41.2 Å². The van der Waals surface area contributed by atoms with Crippen molar-refractivity contribution in [2.45, 2.75) is 24.2 Å². The maximum atomic E-state index is 2.41. The van der Waals surface area contributed by atoms with Crippen LogP contribution >= 0.6 is 0 Å². The van der Waals surface area contributed by atoms with Crippen LogP contribution < -0.4 is 0 Å². The molecule has 0 amide bonds. The van der Waals surface area contributed by atoms with Crippen molar-refractivity contribution in [1.29, 1.82) is 0 Å². The molecule has 0 aliphatic heterocycles. The van der Waals surface area contributed by atoms with Crippen LogP contribution in [-0.4, -0.2) is 0 Å². The van der Waals surface area contributed by atoms with Gasteiger partial charge in [-0.05, 0) is 34.2 Å². The van der Waals surface area contributed by atoms with E-state index in [-0.39, 0.29) is 10.8 Å². The smallest absolute Gasteiger partial charge is 0.0466 e. The van der Waals surface area contributed by atoms with Crippen molar-refractivity contribution < 1.29 is 0 Å². The van der Waals surface area contributed by atoms with Crippen molar-refractivity contribution >= 4 is 0 Å². The number of fused-ring (bicyclic) bond motifs is 1. The molecule has 0 aromatic heterocycles. The van der Waals surface area contributed by atoms with E-state index >= 15 is 0 Å². The van der Waals surface area contributed by atoms with Gasteiger partial charge in [0, 0.05) is 10.8 Å². The largest absolute Gasteiger partial charge is 0.0622 e. The monoisotopic (exact) mass is 360 g/mol. The second kappa shape index (κ2) is 6.49. The van der Waals surface area contributed by atoms with E-state index in [4.69, 9.17) is 0 Å². The molecule has 0 bridgehead atoms. The van der Waals surface area contributed by atoms with Gasteiger partial charge in [-0.2, -0.15) is 0 Å². The first-order valence-corrected chi connectivity index (χ1v) is 10.0.